The van der Waals surface area contributed by atoms with Crippen LogP contribution in [0.5, 0.6) is 0 Å². The minimum atomic E-state index is -0.123. The van der Waals surface area contributed by atoms with Crippen LogP contribution in [0.25, 0.3) is 0 Å². The van der Waals surface area contributed by atoms with Gasteiger partial charge in [0.2, 0.25) is 0 Å². The maximum absolute atomic E-state index is 13.5. The van der Waals surface area contributed by atoms with Crippen LogP contribution in [0.15, 0.2) is 23.1 Å². The molecule has 0 radical (unpaired) electrons. The van der Waals surface area contributed by atoms with E-state index < -0.39 is 0 Å². The molecule has 0 saturated heterocycles. The van der Waals surface area contributed by atoms with E-state index in [0.29, 0.717) is 0 Å². The van der Waals surface area contributed by atoms with E-state index in [1.54, 1.807) is 17.8 Å². The fraction of sp³-hybridized carbons (Fsp3) is 0.500. The van der Waals surface area contributed by atoms with Crippen molar-refractivity contribution in [1.82, 2.24) is 0 Å². The van der Waals surface area contributed by atoms with Crippen molar-refractivity contribution in [3.8, 4) is 0 Å². The first kappa shape index (κ1) is 12.5. The van der Waals surface area contributed by atoms with Crippen molar-refractivity contribution in [2.75, 3.05) is 5.75 Å². The molecule has 0 aliphatic rings. The van der Waals surface area contributed by atoms with Gasteiger partial charge in [-0.25, -0.2) is 4.39 Å². The smallest absolute Gasteiger partial charge is 0.137 e. The second-order valence-electron chi connectivity index (χ2n) is 3.53. The highest BCUT2D eigenvalue weighted by Gasteiger charge is 2.10. The van der Waals surface area contributed by atoms with E-state index in [4.69, 9.17) is 5.73 Å². The SMILES string of the molecule is CCSc1c(F)cccc1CC(N)CC. The Morgan fingerprint density at radius 3 is 2.73 bits per heavy atom. The van der Waals surface area contributed by atoms with Gasteiger partial charge in [0.15, 0.2) is 0 Å². The second-order valence-corrected chi connectivity index (χ2v) is 4.81. The molecule has 15 heavy (non-hydrogen) atoms. The molecule has 84 valence electrons. The number of rotatable bonds is 5. The molecule has 0 fully saturated rings. The largest absolute Gasteiger partial charge is 0.327 e. The number of thioether (sulfide) groups is 1. The summed E-state index contributed by atoms with van der Waals surface area (Å²) in [5.41, 5.74) is 6.93. The lowest BCUT2D eigenvalue weighted by Gasteiger charge is -2.13. The van der Waals surface area contributed by atoms with Crippen molar-refractivity contribution in [1.29, 1.82) is 0 Å². The molecule has 1 atom stereocenters. The molecule has 0 saturated carbocycles. The van der Waals surface area contributed by atoms with Gasteiger partial charge in [-0.3, -0.25) is 0 Å². The number of halogens is 1. The molecular weight excluding hydrogens is 209 g/mol. The van der Waals surface area contributed by atoms with Gasteiger partial charge in [-0.05, 0) is 30.2 Å². The van der Waals surface area contributed by atoms with Gasteiger partial charge in [0, 0.05) is 10.9 Å². The maximum Gasteiger partial charge on any atom is 0.137 e. The van der Waals surface area contributed by atoms with Gasteiger partial charge in [0.05, 0.1) is 0 Å². The van der Waals surface area contributed by atoms with E-state index in [9.17, 15) is 4.39 Å². The first-order valence-electron chi connectivity index (χ1n) is 5.34. The third kappa shape index (κ3) is 3.50. The fourth-order valence-corrected chi connectivity index (χ4v) is 2.28. The Labute approximate surface area is 95.2 Å². The Kier molecular flexibility index (Phi) is 5.12. The summed E-state index contributed by atoms with van der Waals surface area (Å²) in [6.45, 7) is 4.08. The van der Waals surface area contributed by atoms with Gasteiger partial charge in [-0.1, -0.05) is 26.0 Å². The number of benzene rings is 1. The Hall–Kier alpha value is -0.540. The summed E-state index contributed by atoms with van der Waals surface area (Å²) in [7, 11) is 0. The normalized spacial score (nSPS) is 12.8. The summed E-state index contributed by atoms with van der Waals surface area (Å²) in [5, 5.41) is 0. The molecule has 0 heterocycles. The van der Waals surface area contributed by atoms with E-state index in [2.05, 4.69) is 6.92 Å². The molecule has 1 aromatic carbocycles. The Morgan fingerprint density at radius 1 is 1.40 bits per heavy atom. The summed E-state index contributed by atoms with van der Waals surface area (Å²) in [4.78, 5) is 0.768. The van der Waals surface area contributed by atoms with Crippen molar-refractivity contribution in [3.63, 3.8) is 0 Å². The van der Waals surface area contributed by atoms with Crippen LogP contribution >= 0.6 is 11.8 Å². The van der Waals surface area contributed by atoms with E-state index in [0.717, 1.165) is 29.1 Å². The van der Waals surface area contributed by atoms with Gasteiger partial charge < -0.3 is 5.73 Å². The lowest BCUT2D eigenvalue weighted by Crippen LogP contribution is -2.21. The van der Waals surface area contributed by atoms with Crippen LogP contribution in [-0.4, -0.2) is 11.8 Å². The first-order chi connectivity index (χ1) is 7.19. The van der Waals surface area contributed by atoms with Crippen molar-refractivity contribution < 1.29 is 4.39 Å². The lowest BCUT2D eigenvalue weighted by molar-refractivity contribution is 0.585. The topological polar surface area (TPSA) is 26.0 Å². The van der Waals surface area contributed by atoms with Gasteiger partial charge in [0.25, 0.3) is 0 Å². The van der Waals surface area contributed by atoms with Gasteiger partial charge in [0.1, 0.15) is 5.82 Å². The zero-order valence-corrected chi connectivity index (χ0v) is 10.1. The summed E-state index contributed by atoms with van der Waals surface area (Å²) >= 11 is 1.55. The minimum absolute atomic E-state index is 0.123. The van der Waals surface area contributed by atoms with Crippen molar-refractivity contribution in [3.05, 3.63) is 29.6 Å². The van der Waals surface area contributed by atoms with E-state index in [1.165, 1.54) is 6.07 Å². The predicted molar refractivity (Wildman–Crippen MR) is 64.8 cm³/mol. The standard InChI is InChI=1S/C12H18FNS/c1-3-10(14)8-9-6-5-7-11(13)12(9)15-4-2/h5-7,10H,3-4,8,14H2,1-2H3. The Morgan fingerprint density at radius 2 is 2.13 bits per heavy atom. The van der Waals surface area contributed by atoms with E-state index >= 15 is 0 Å². The Bertz CT molecular complexity index is 314. The Balaban J connectivity index is 2.89. The molecule has 1 nitrogen and oxygen atoms in total. The molecule has 0 spiro atoms. The molecule has 1 rings (SSSR count). The molecule has 0 aromatic heterocycles. The number of hydrogen-bond acceptors (Lipinski definition) is 2. The van der Waals surface area contributed by atoms with Crippen LogP contribution in [0.4, 0.5) is 4.39 Å². The van der Waals surface area contributed by atoms with Crippen LogP contribution in [-0.2, 0) is 6.42 Å². The molecule has 2 N–H and O–H groups in total. The van der Waals surface area contributed by atoms with Crippen LogP contribution in [0.3, 0.4) is 0 Å². The highest BCUT2D eigenvalue weighted by Crippen LogP contribution is 2.26. The highest BCUT2D eigenvalue weighted by atomic mass is 32.2. The number of nitrogens with two attached hydrogens (primary N) is 1. The van der Waals surface area contributed by atoms with Crippen molar-refractivity contribution in [2.24, 2.45) is 5.73 Å². The van der Waals surface area contributed by atoms with Gasteiger partial charge >= 0.3 is 0 Å². The maximum atomic E-state index is 13.5. The first-order valence-corrected chi connectivity index (χ1v) is 6.33. The monoisotopic (exact) mass is 227 g/mol. The lowest BCUT2D eigenvalue weighted by atomic mass is 10.0. The highest BCUT2D eigenvalue weighted by molar-refractivity contribution is 7.99. The molecular formula is C12H18FNS. The minimum Gasteiger partial charge on any atom is -0.327 e. The predicted octanol–water partition coefficient (Wildman–Crippen LogP) is 3.22. The molecule has 0 amide bonds. The molecule has 3 heteroatoms. The molecule has 1 unspecified atom stereocenters. The molecule has 0 aliphatic heterocycles. The molecule has 1 aromatic rings. The number of hydrogen-bond donors (Lipinski definition) is 1. The summed E-state index contributed by atoms with van der Waals surface area (Å²) < 4.78 is 13.5. The third-order valence-electron chi connectivity index (χ3n) is 2.34. The summed E-state index contributed by atoms with van der Waals surface area (Å²) in [5.74, 6) is 0.762. The van der Waals surface area contributed by atoms with Gasteiger partial charge in [-0.15, -0.1) is 11.8 Å². The van der Waals surface area contributed by atoms with E-state index in [-0.39, 0.29) is 11.9 Å². The summed E-state index contributed by atoms with van der Waals surface area (Å²) in [6, 6.07) is 5.37. The quantitative estimate of drug-likeness (QED) is 0.782. The van der Waals surface area contributed by atoms with Gasteiger partial charge in [-0.2, -0.15) is 0 Å². The van der Waals surface area contributed by atoms with Crippen LogP contribution in [0.1, 0.15) is 25.8 Å². The van der Waals surface area contributed by atoms with Crippen LogP contribution in [0.2, 0.25) is 0 Å². The van der Waals surface area contributed by atoms with Crippen molar-refractivity contribution in [2.45, 2.75) is 37.6 Å². The third-order valence-corrected chi connectivity index (χ3v) is 3.38. The molecule has 0 bridgehead atoms. The molecule has 0 aliphatic carbocycles. The average molecular weight is 227 g/mol. The summed E-state index contributed by atoms with van der Waals surface area (Å²) in [6.07, 6.45) is 1.68. The zero-order chi connectivity index (χ0) is 11.3. The van der Waals surface area contributed by atoms with Crippen LogP contribution < -0.4 is 5.73 Å². The van der Waals surface area contributed by atoms with E-state index in [1.807, 2.05) is 13.0 Å². The average Bonchev–Trinajstić information content (AvgIpc) is 2.23. The fourth-order valence-electron chi connectivity index (χ4n) is 1.45. The van der Waals surface area contributed by atoms with Crippen molar-refractivity contribution >= 4 is 11.8 Å². The second kappa shape index (κ2) is 6.13. The zero-order valence-electron chi connectivity index (χ0n) is 9.29. The van der Waals surface area contributed by atoms with Crippen LogP contribution in [0, 0.1) is 5.82 Å².